The Hall–Kier alpha value is -3.02. The van der Waals surface area contributed by atoms with E-state index in [4.69, 9.17) is 0 Å². The summed E-state index contributed by atoms with van der Waals surface area (Å²) in [7, 11) is 1.44. The molecule has 2 aromatic rings. The minimum atomic E-state index is -4.27. The number of hydrogen-bond acceptors (Lipinski definition) is 5. The average molecular weight is 521 g/mol. The summed E-state index contributed by atoms with van der Waals surface area (Å²) in [6, 6.07) is 1.17. The fourth-order valence-electron chi connectivity index (χ4n) is 7.19. The lowest BCUT2D eigenvalue weighted by Gasteiger charge is -2.56. The van der Waals surface area contributed by atoms with Crippen LogP contribution in [0, 0.1) is 24.1 Å². The first-order valence-corrected chi connectivity index (χ1v) is 12.6. The van der Waals surface area contributed by atoms with Crippen molar-refractivity contribution in [1.82, 2.24) is 30.3 Å². The number of likely N-dealkylation sites (tertiary alicyclic amines) is 2. The van der Waals surface area contributed by atoms with Crippen LogP contribution < -0.4 is 5.32 Å². The van der Waals surface area contributed by atoms with E-state index in [0.717, 1.165) is 12.6 Å². The van der Waals surface area contributed by atoms with Crippen molar-refractivity contribution in [3.8, 4) is 11.3 Å². The predicted molar refractivity (Wildman–Crippen MR) is 124 cm³/mol. The van der Waals surface area contributed by atoms with Gasteiger partial charge < -0.3 is 10.2 Å². The number of carbonyl (C=O) groups is 2. The summed E-state index contributed by atoms with van der Waals surface area (Å²) in [5.41, 5.74) is 0.932. The first kappa shape index (κ1) is 24.3. The van der Waals surface area contributed by atoms with Crippen molar-refractivity contribution in [2.45, 2.75) is 69.4 Å². The standard InChI is InChI=1S/C25H28F4N6O2/c1-12-5-15(17(26)10-30-12)18-7-19(33-32-18)22(36)35-14-6-16-20(35)9-24(16,8-14)23(37)31-13-3-4-21(25(27,28)29)34(2)11-13/h5,7,10,13-14,16,20-21H,3-4,6,8-9,11H2,1-2H3,(H,31,37)(H,32,33)/t13-,14-,16?,20?,21+,24+/m1/s1. The summed E-state index contributed by atoms with van der Waals surface area (Å²) in [5.74, 6) is -0.805. The van der Waals surface area contributed by atoms with Crippen molar-refractivity contribution in [2.75, 3.05) is 13.6 Å². The molecule has 12 heteroatoms. The zero-order chi connectivity index (χ0) is 26.3. The number of hydrogen-bond donors (Lipinski definition) is 2. The lowest BCUT2D eigenvalue weighted by Crippen LogP contribution is -2.67. The summed E-state index contributed by atoms with van der Waals surface area (Å²) in [6.07, 6.45) is -1.09. The molecule has 0 spiro atoms. The van der Waals surface area contributed by atoms with Gasteiger partial charge in [0.05, 0.1) is 17.3 Å². The maximum absolute atomic E-state index is 14.2. The Bertz CT molecular complexity index is 1260. The second-order valence-electron chi connectivity index (χ2n) is 11.1. The van der Waals surface area contributed by atoms with Crippen molar-refractivity contribution in [2.24, 2.45) is 11.3 Å². The van der Waals surface area contributed by atoms with Crippen molar-refractivity contribution in [3.05, 3.63) is 35.5 Å². The Labute approximate surface area is 210 Å². The zero-order valence-electron chi connectivity index (χ0n) is 20.5. The van der Waals surface area contributed by atoms with Crippen LogP contribution in [-0.4, -0.2) is 80.7 Å². The van der Waals surface area contributed by atoms with Gasteiger partial charge >= 0.3 is 6.18 Å². The van der Waals surface area contributed by atoms with Crippen LogP contribution in [0.1, 0.15) is 48.3 Å². The maximum Gasteiger partial charge on any atom is 0.404 e. The van der Waals surface area contributed by atoms with Crippen molar-refractivity contribution >= 4 is 11.8 Å². The van der Waals surface area contributed by atoms with Gasteiger partial charge in [-0.25, -0.2) is 4.39 Å². The number of pyridine rings is 1. The maximum atomic E-state index is 14.2. The third kappa shape index (κ3) is 3.74. The number of amides is 2. The number of alkyl halides is 3. The Morgan fingerprint density at radius 2 is 2.00 bits per heavy atom. The monoisotopic (exact) mass is 520 g/mol. The molecule has 2 N–H and O–H groups in total. The number of halogens is 4. The van der Waals surface area contributed by atoms with Gasteiger partial charge in [-0.05, 0) is 64.1 Å². The molecule has 2 aliphatic heterocycles. The number of likely N-dealkylation sites (N-methyl/N-ethyl adjacent to an activating group) is 1. The van der Waals surface area contributed by atoms with E-state index < -0.39 is 23.5 Å². The fraction of sp³-hybridized carbons (Fsp3) is 0.600. The summed E-state index contributed by atoms with van der Waals surface area (Å²) in [5, 5.41) is 9.90. The Morgan fingerprint density at radius 3 is 2.68 bits per heavy atom. The highest BCUT2D eigenvalue weighted by molar-refractivity contribution is 5.95. The molecule has 0 radical (unpaired) electrons. The minimum absolute atomic E-state index is 0.0355. The number of carbonyl (C=O) groups excluding carboxylic acids is 2. The number of H-pyrrole nitrogens is 1. The molecule has 2 saturated heterocycles. The van der Waals surface area contributed by atoms with Crippen LogP contribution in [0.15, 0.2) is 18.3 Å². The molecule has 2 amide bonds. The Kier molecular flexibility index (Phi) is 5.42. The molecule has 198 valence electrons. The molecular weight excluding hydrogens is 492 g/mol. The lowest BCUT2D eigenvalue weighted by molar-refractivity contribution is -0.189. The molecule has 6 rings (SSSR count). The van der Waals surface area contributed by atoms with Gasteiger partial charge in [-0.3, -0.25) is 24.6 Å². The summed E-state index contributed by atoms with van der Waals surface area (Å²) in [6.45, 7) is 1.90. The third-order valence-corrected chi connectivity index (χ3v) is 8.93. The molecule has 4 heterocycles. The number of nitrogens with zero attached hydrogens (tertiary/aromatic N) is 4. The third-order valence-electron chi connectivity index (χ3n) is 8.93. The van der Waals surface area contributed by atoms with Crippen LogP contribution in [0.4, 0.5) is 17.6 Å². The highest BCUT2D eigenvalue weighted by Gasteiger charge is 2.72. The molecule has 2 bridgehead atoms. The normalized spacial score (nSPS) is 32.9. The first-order valence-electron chi connectivity index (χ1n) is 12.6. The smallest absolute Gasteiger partial charge is 0.352 e. The van der Waals surface area contributed by atoms with E-state index in [1.165, 1.54) is 11.9 Å². The van der Waals surface area contributed by atoms with Gasteiger partial charge in [0.1, 0.15) is 11.7 Å². The highest BCUT2D eigenvalue weighted by atomic mass is 19.4. The zero-order valence-corrected chi connectivity index (χ0v) is 20.5. The molecule has 6 atom stereocenters. The van der Waals surface area contributed by atoms with Gasteiger partial charge in [-0.1, -0.05) is 0 Å². The van der Waals surface area contributed by atoms with Crippen molar-refractivity contribution in [3.63, 3.8) is 0 Å². The van der Waals surface area contributed by atoms with E-state index in [1.54, 1.807) is 19.1 Å². The number of aromatic amines is 1. The van der Waals surface area contributed by atoms with Gasteiger partial charge in [0, 0.05) is 35.9 Å². The molecule has 2 aromatic heterocycles. The molecule has 2 saturated carbocycles. The van der Waals surface area contributed by atoms with Gasteiger partial charge in [-0.15, -0.1) is 0 Å². The van der Waals surface area contributed by atoms with Crippen LogP contribution in [0.3, 0.4) is 0 Å². The molecular formula is C25H28F4N6O2. The highest BCUT2D eigenvalue weighted by Crippen LogP contribution is 2.66. The fourth-order valence-corrected chi connectivity index (χ4v) is 7.19. The van der Waals surface area contributed by atoms with E-state index >= 15 is 0 Å². The van der Waals surface area contributed by atoms with Crippen LogP contribution in [-0.2, 0) is 4.79 Å². The van der Waals surface area contributed by atoms with Crippen LogP contribution in [0.2, 0.25) is 0 Å². The number of aromatic nitrogens is 3. The average Bonchev–Trinajstić information content (AvgIpc) is 3.50. The minimum Gasteiger partial charge on any atom is -0.352 e. The van der Waals surface area contributed by atoms with Crippen molar-refractivity contribution in [1.29, 1.82) is 0 Å². The van der Waals surface area contributed by atoms with Crippen molar-refractivity contribution < 1.29 is 27.2 Å². The number of piperidine rings is 3. The lowest BCUT2D eigenvalue weighted by atomic mass is 9.56. The first-order chi connectivity index (χ1) is 17.5. The topological polar surface area (TPSA) is 94.2 Å². The molecule has 0 aromatic carbocycles. The Morgan fingerprint density at radius 1 is 1.22 bits per heavy atom. The largest absolute Gasteiger partial charge is 0.404 e. The van der Waals surface area contributed by atoms with Gasteiger partial charge in [-0.2, -0.15) is 18.3 Å². The molecule has 2 aliphatic carbocycles. The van der Waals surface area contributed by atoms with E-state index in [0.29, 0.717) is 24.2 Å². The second kappa shape index (κ2) is 8.24. The van der Waals surface area contributed by atoms with Crippen LogP contribution in [0.5, 0.6) is 0 Å². The molecule has 37 heavy (non-hydrogen) atoms. The van der Waals surface area contributed by atoms with Gasteiger partial charge in [0.2, 0.25) is 5.91 Å². The van der Waals surface area contributed by atoms with E-state index in [1.807, 2.05) is 4.90 Å². The van der Waals surface area contributed by atoms with Crippen LogP contribution in [0.25, 0.3) is 11.3 Å². The predicted octanol–water partition coefficient (Wildman–Crippen LogP) is 3.05. The molecule has 4 aliphatic rings. The second-order valence-corrected chi connectivity index (χ2v) is 11.1. The summed E-state index contributed by atoms with van der Waals surface area (Å²) >= 11 is 0. The van der Waals surface area contributed by atoms with Gasteiger partial charge in [0.15, 0.2) is 5.82 Å². The quantitative estimate of drug-likeness (QED) is 0.605. The number of fused-ring (bicyclic) bond motifs is 1. The molecule has 8 nitrogen and oxygen atoms in total. The number of nitrogens with one attached hydrogen (secondary N) is 2. The van der Waals surface area contributed by atoms with E-state index in [2.05, 4.69) is 20.5 Å². The molecule has 2 unspecified atom stereocenters. The number of rotatable bonds is 4. The van der Waals surface area contributed by atoms with E-state index in [-0.39, 0.29) is 66.5 Å². The van der Waals surface area contributed by atoms with Gasteiger partial charge in [0.25, 0.3) is 5.91 Å². The SMILES string of the molecule is Cc1cc(-c2cc(C(=O)N3C4C[C@@]5(C(=O)N[C@@H]6CC[C@@H](C(F)(F)F)N(C)C6)C[C@H]3CC45)[nH]n2)c(F)cn1. The van der Waals surface area contributed by atoms with E-state index in [9.17, 15) is 27.2 Å². The number of aryl methyl sites for hydroxylation is 1. The Balaban J connectivity index is 1.10. The van der Waals surface area contributed by atoms with Crippen LogP contribution >= 0.6 is 0 Å². The summed E-state index contributed by atoms with van der Waals surface area (Å²) in [4.78, 5) is 33.7. The molecule has 4 fully saturated rings. The summed E-state index contributed by atoms with van der Waals surface area (Å²) < 4.78 is 53.7.